The lowest BCUT2D eigenvalue weighted by molar-refractivity contribution is -0.155. The highest BCUT2D eigenvalue weighted by Crippen LogP contribution is 2.45. The molecular weight excluding hydrogens is 448 g/mol. The van der Waals surface area contributed by atoms with Crippen LogP contribution in [0.4, 0.5) is 5.82 Å². The zero-order chi connectivity index (χ0) is 25.6. The zero-order valence-corrected chi connectivity index (χ0v) is 20.6. The van der Waals surface area contributed by atoms with Gasteiger partial charge in [-0.25, -0.2) is 0 Å². The Kier molecular flexibility index (Phi) is 8.43. The molecule has 1 saturated carbocycles. The number of esters is 1. The minimum atomic E-state index is -1.08. The monoisotopic (exact) mass is 480 g/mol. The van der Waals surface area contributed by atoms with Crippen LogP contribution < -0.4 is 15.8 Å². The van der Waals surface area contributed by atoms with Crippen molar-refractivity contribution < 1.29 is 23.8 Å². The summed E-state index contributed by atoms with van der Waals surface area (Å²) in [6.07, 6.45) is 7.32. The fourth-order valence-corrected chi connectivity index (χ4v) is 3.37. The summed E-state index contributed by atoms with van der Waals surface area (Å²) in [5.74, 6) is 2.61. The number of hydrogen-bond donors (Lipinski definition) is 2. The Balaban J connectivity index is 1.81. The average Bonchev–Trinajstić information content (AvgIpc) is 3.63. The molecule has 0 spiro atoms. The summed E-state index contributed by atoms with van der Waals surface area (Å²) in [5.41, 5.74) is 8.25. The number of carbonyl (C=O) groups excluding carboxylic acids is 2. The van der Waals surface area contributed by atoms with E-state index < -0.39 is 23.5 Å². The maximum atomic E-state index is 12.6. The van der Waals surface area contributed by atoms with Crippen molar-refractivity contribution in [3.63, 3.8) is 0 Å². The number of hydrogen-bond acceptors (Lipinski definition) is 8. The van der Waals surface area contributed by atoms with Crippen LogP contribution in [-0.4, -0.2) is 47.1 Å². The van der Waals surface area contributed by atoms with Crippen molar-refractivity contribution in [2.45, 2.75) is 64.5 Å². The van der Waals surface area contributed by atoms with E-state index in [9.17, 15) is 9.59 Å². The second kappa shape index (κ2) is 11.3. The van der Waals surface area contributed by atoms with Gasteiger partial charge >= 0.3 is 5.97 Å². The molecule has 1 aliphatic carbocycles. The summed E-state index contributed by atoms with van der Waals surface area (Å²) in [7, 11) is 0. The smallest absolute Gasteiger partial charge is 0.308 e. The van der Waals surface area contributed by atoms with Gasteiger partial charge in [0, 0.05) is 17.7 Å². The number of nitrogens with one attached hydrogen (secondary N) is 1. The molecule has 35 heavy (non-hydrogen) atoms. The molecule has 1 aliphatic rings. The van der Waals surface area contributed by atoms with Gasteiger partial charge in [0.2, 0.25) is 5.91 Å². The Morgan fingerprint density at radius 3 is 2.63 bits per heavy atom. The Morgan fingerprint density at radius 2 is 2.00 bits per heavy atom. The zero-order valence-electron chi connectivity index (χ0n) is 20.6. The molecule has 0 radical (unpaired) electrons. The van der Waals surface area contributed by atoms with Crippen molar-refractivity contribution in [3.05, 3.63) is 35.4 Å². The first-order valence-corrected chi connectivity index (χ1v) is 11.6. The Bertz CT molecular complexity index is 1120. The van der Waals surface area contributed by atoms with Crippen LogP contribution in [0.3, 0.4) is 0 Å². The minimum absolute atomic E-state index is 0.0768. The Labute approximate surface area is 205 Å². The molecule has 0 bridgehead atoms. The normalized spacial score (nSPS) is 14.1. The van der Waals surface area contributed by atoms with Gasteiger partial charge in [-0.1, -0.05) is 5.92 Å². The van der Waals surface area contributed by atoms with E-state index >= 15 is 0 Å². The number of benzene rings is 1. The van der Waals surface area contributed by atoms with Gasteiger partial charge < -0.3 is 25.3 Å². The Morgan fingerprint density at radius 1 is 1.26 bits per heavy atom. The van der Waals surface area contributed by atoms with Crippen molar-refractivity contribution in [2.75, 3.05) is 18.7 Å². The third-order valence-electron chi connectivity index (χ3n) is 5.14. The van der Waals surface area contributed by atoms with Crippen LogP contribution >= 0.6 is 0 Å². The van der Waals surface area contributed by atoms with E-state index in [2.05, 4.69) is 21.4 Å². The highest BCUT2D eigenvalue weighted by Gasteiger charge is 2.30. The summed E-state index contributed by atoms with van der Waals surface area (Å²) in [5, 5.41) is 11.3. The van der Waals surface area contributed by atoms with E-state index in [1.807, 2.05) is 19.1 Å². The van der Waals surface area contributed by atoms with Gasteiger partial charge in [-0.3, -0.25) is 9.59 Å². The first-order valence-electron chi connectivity index (χ1n) is 11.6. The molecule has 1 amide bonds. The highest BCUT2D eigenvalue weighted by atomic mass is 16.7. The van der Waals surface area contributed by atoms with Crippen LogP contribution in [0, 0.1) is 12.3 Å². The first-order chi connectivity index (χ1) is 16.6. The molecule has 2 aromatic rings. The van der Waals surface area contributed by atoms with Gasteiger partial charge in [-0.2, -0.15) is 0 Å². The number of aromatic nitrogens is 2. The summed E-state index contributed by atoms with van der Waals surface area (Å²) in [4.78, 5) is 24.6. The van der Waals surface area contributed by atoms with E-state index in [1.165, 1.54) is 0 Å². The van der Waals surface area contributed by atoms with Crippen LogP contribution in [0.15, 0.2) is 24.3 Å². The van der Waals surface area contributed by atoms with E-state index in [-0.39, 0.29) is 19.0 Å². The molecule has 0 saturated heterocycles. The second-order valence-electron chi connectivity index (χ2n) is 9.30. The topological polar surface area (TPSA) is 126 Å². The van der Waals surface area contributed by atoms with Gasteiger partial charge in [0.05, 0.1) is 12.5 Å². The molecule has 3 N–H and O–H groups in total. The summed E-state index contributed by atoms with van der Waals surface area (Å²) in [6.45, 7) is 7.72. The van der Waals surface area contributed by atoms with Crippen molar-refractivity contribution in [1.82, 2.24) is 10.2 Å². The number of ether oxygens (including phenoxy) is 3. The Hall–Kier alpha value is -3.48. The van der Waals surface area contributed by atoms with Crippen molar-refractivity contribution in [1.29, 1.82) is 0 Å². The van der Waals surface area contributed by atoms with Crippen LogP contribution in [0.2, 0.25) is 0 Å². The van der Waals surface area contributed by atoms with Crippen LogP contribution in [0.25, 0.3) is 11.3 Å². The number of nitrogens with zero attached hydrogens (tertiary/aromatic N) is 2. The van der Waals surface area contributed by atoms with Crippen LogP contribution in [0.1, 0.15) is 64.0 Å². The molecule has 1 atom stereocenters. The molecule has 3 rings (SSSR count). The number of amides is 1. The lowest BCUT2D eigenvalue weighted by atomic mass is 10.0. The third-order valence-corrected chi connectivity index (χ3v) is 5.14. The molecule has 1 heterocycles. The number of rotatable bonds is 10. The van der Waals surface area contributed by atoms with E-state index in [1.54, 1.807) is 32.9 Å². The summed E-state index contributed by atoms with van der Waals surface area (Å²) in [6, 6.07) is 6.14. The van der Waals surface area contributed by atoms with Crippen LogP contribution in [-0.2, 0) is 19.1 Å². The maximum absolute atomic E-state index is 12.6. The predicted molar refractivity (Wildman–Crippen MR) is 132 cm³/mol. The van der Waals surface area contributed by atoms with Crippen LogP contribution in [0.5, 0.6) is 5.75 Å². The molecule has 186 valence electrons. The number of anilines is 1. The van der Waals surface area contributed by atoms with Gasteiger partial charge in [0.15, 0.2) is 12.6 Å². The molecule has 0 aliphatic heterocycles. The van der Waals surface area contributed by atoms with Crippen molar-refractivity contribution >= 4 is 17.7 Å². The highest BCUT2D eigenvalue weighted by molar-refractivity contribution is 5.96. The molecule has 0 unspecified atom stereocenters. The second-order valence-corrected chi connectivity index (χ2v) is 9.30. The quantitative estimate of drug-likeness (QED) is 0.229. The largest absolute Gasteiger partial charge is 0.467 e. The minimum Gasteiger partial charge on any atom is -0.467 e. The van der Waals surface area contributed by atoms with Gasteiger partial charge in [0.25, 0.3) is 0 Å². The van der Waals surface area contributed by atoms with E-state index in [0.29, 0.717) is 29.5 Å². The number of nitrogens with two attached hydrogens (primary N) is 1. The van der Waals surface area contributed by atoms with E-state index in [0.717, 1.165) is 24.0 Å². The standard InChI is InChI=1S/C26H32N4O5/c1-6-16-8-11-18(21(12-16)34-15-33-7-2)24-19(17-9-10-17)13-22(29-30-24)28-25(32)20(27)14-23(31)35-26(3,4)5/h1,8,11-13,17,20H,7,9-10,14-15,27H2,2-5H3,(H,28,29,32)/t20-/m1/s1. The van der Waals surface area contributed by atoms with E-state index in [4.69, 9.17) is 26.4 Å². The fraction of sp³-hybridized carbons (Fsp3) is 0.462. The SMILES string of the molecule is C#Cc1ccc(-c2nnc(NC(=O)[C@H](N)CC(=O)OC(C)(C)C)cc2C2CC2)c(OCOCC)c1. The third kappa shape index (κ3) is 7.50. The predicted octanol–water partition coefficient (Wildman–Crippen LogP) is 3.37. The first kappa shape index (κ1) is 26.1. The molecule has 9 heteroatoms. The van der Waals surface area contributed by atoms with Crippen molar-refractivity contribution in [3.8, 4) is 29.4 Å². The molecule has 9 nitrogen and oxygen atoms in total. The average molecular weight is 481 g/mol. The number of terminal acetylenes is 1. The summed E-state index contributed by atoms with van der Waals surface area (Å²) >= 11 is 0. The lowest BCUT2D eigenvalue weighted by Gasteiger charge is -2.20. The molecular formula is C26H32N4O5. The molecule has 1 fully saturated rings. The summed E-state index contributed by atoms with van der Waals surface area (Å²) < 4.78 is 16.4. The van der Waals surface area contributed by atoms with Gasteiger partial charge in [-0.15, -0.1) is 16.6 Å². The number of carbonyl (C=O) groups is 2. The maximum Gasteiger partial charge on any atom is 0.308 e. The molecule has 1 aromatic carbocycles. The van der Waals surface area contributed by atoms with Gasteiger partial charge in [-0.05, 0) is 76.3 Å². The lowest BCUT2D eigenvalue weighted by Crippen LogP contribution is -2.39. The van der Waals surface area contributed by atoms with Gasteiger partial charge in [0.1, 0.15) is 17.0 Å². The fourth-order valence-electron chi connectivity index (χ4n) is 3.37. The molecule has 1 aromatic heterocycles. The van der Waals surface area contributed by atoms with Crippen molar-refractivity contribution in [2.24, 2.45) is 5.73 Å².